The van der Waals surface area contributed by atoms with Crippen molar-refractivity contribution < 1.29 is 14.3 Å². The second kappa shape index (κ2) is 9.34. The van der Waals surface area contributed by atoms with Crippen LogP contribution in [0.4, 0.5) is 0 Å². The van der Waals surface area contributed by atoms with Crippen molar-refractivity contribution in [2.24, 2.45) is 5.73 Å². The van der Waals surface area contributed by atoms with Crippen molar-refractivity contribution in [3.8, 4) is 5.75 Å². The van der Waals surface area contributed by atoms with E-state index in [2.05, 4.69) is 5.32 Å². The van der Waals surface area contributed by atoms with E-state index in [4.69, 9.17) is 15.2 Å². The largest absolute Gasteiger partial charge is 0.483 e. The summed E-state index contributed by atoms with van der Waals surface area (Å²) in [5, 5.41) is 2.78. The lowest BCUT2D eigenvalue weighted by Crippen LogP contribution is -2.30. The molecule has 5 heteroatoms. The zero-order valence-corrected chi connectivity index (χ0v) is 12.2. The van der Waals surface area contributed by atoms with Gasteiger partial charge in [-0.1, -0.05) is 25.1 Å². The highest BCUT2D eigenvalue weighted by Crippen LogP contribution is 2.25. The average molecular weight is 280 g/mol. The van der Waals surface area contributed by atoms with Crippen LogP contribution in [0.3, 0.4) is 0 Å². The molecule has 0 saturated carbocycles. The van der Waals surface area contributed by atoms with E-state index in [1.54, 1.807) is 7.11 Å². The second-order valence-electron chi connectivity index (χ2n) is 4.54. The van der Waals surface area contributed by atoms with Crippen molar-refractivity contribution in [2.45, 2.75) is 25.8 Å². The van der Waals surface area contributed by atoms with Crippen LogP contribution in [0, 0.1) is 0 Å². The van der Waals surface area contributed by atoms with Crippen LogP contribution in [0.15, 0.2) is 24.3 Å². The van der Waals surface area contributed by atoms with Crippen molar-refractivity contribution in [3.05, 3.63) is 29.8 Å². The molecule has 0 aliphatic rings. The molecule has 0 aliphatic carbocycles. The number of hydrogen-bond acceptors (Lipinski definition) is 4. The highest BCUT2D eigenvalue weighted by molar-refractivity contribution is 5.77. The fourth-order valence-electron chi connectivity index (χ4n) is 1.78. The Hall–Kier alpha value is -1.59. The van der Waals surface area contributed by atoms with Crippen LogP contribution >= 0.6 is 0 Å². The Bertz CT molecular complexity index is 410. The first-order chi connectivity index (χ1) is 9.69. The summed E-state index contributed by atoms with van der Waals surface area (Å²) >= 11 is 0. The maximum absolute atomic E-state index is 11.6. The first-order valence-electron chi connectivity index (χ1n) is 6.92. The molecule has 0 radical (unpaired) electrons. The molecule has 1 amide bonds. The van der Waals surface area contributed by atoms with E-state index in [-0.39, 0.29) is 18.6 Å². The standard InChI is InChI=1S/C15H24N2O3/c1-3-13(16)12-7-4-5-8-14(12)20-11-15(18)17-9-6-10-19-2/h4-5,7-8,13H,3,6,9-11,16H2,1-2H3,(H,17,18). The smallest absolute Gasteiger partial charge is 0.257 e. The third kappa shape index (κ3) is 5.59. The third-order valence-electron chi connectivity index (χ3n) is 2.96. The lowest BCUT2D eigenvalue weighted by molar-refractivity contribution is -0.123. The van der Waals surface area contributed by atoms with E-state index >= 15 is 0 Å². The predicted molar refractivity (Wildman–Crippen MR) is 78.7 cm³/mol. The molecule has 1 aromatic rings. The van der Waals surface area contributed by atoms with Gasteiger partial charge in [0.25, 0.3) is 5.91 Å². The van der Waals surface area contributed by atoms with Gasteiger partial charge in [-0.15, -0.1) is 0 Å². The predicted octanol–water partition coefficient (Wildman–Crippen LogP) is 1.63. The first kappa shape index (κ1) is 16.5. The van der Waals surface area contributed by atoms with Crippen molar-refractivity contribution in [1.82, 2.24) is 5.32 Å². The normalized spacial score (nSPS) is 11.9. The van der Waals surface area contributed by atoms with Crippen LogP contribution in [-0.2, 0) is 9.53 Å². The van der Waals surface area contributed by atoms with Gasteiger partial charge in [-0.25, -0.2) is 0 Å². The van der Waals surface area contributed by atoms with Gasteiger partial charge in [-0.05, 0) is 18.9 Å². The Kier molecular flexibility index (Phi) is 7.69. The van der Waals surface area contributed by atoms with E-state index in [1.807, 2.05) is 31.2 Å². The third-order valence-corrected chi connectivity index (χ3v) is 2.96. The Balaban J connectivity index is 2.43. The number of ether oxygens (including phenoxy) is 2. The molecule has 1 unspecified atom stereocenters. The summed E-state index contributed by atoms with van der Waals surface area (Å²) in [6, 6.07) is 7.49. The Morgan fingerprint density at radius 2 is 2.15 bits per heavy atom. The molecule has 1 atom stereocenters. The van der Waals surface area contributed by atoms with Crippen molar-refractivity contribution in [2.75, 3.05) is 26.9 Å². The monoisotopic (exact) mass is 280 g/mol. The number of benzene rings is 1. The summed E-state index contributed by atoms with van der Waals surface area (Å²) in [6.07, 6.45) is 1.61. The first-order valence-corrected chi connectivity index (χ1v) is 6.92. The minimum absolute atomic E-state index is 0.000426. The summed E-state index contributed by atoms with van der Waals surface area (Å²) in [7, 11) is 1.64. The van der Waals surface area contributed by atoms with Crippen LogP contribution in [0.2, 0.25) is 0 Å². The number of para-hydroxylation sites is 1. The van der Waals surface area contributed by atoms with E-state index in [9.17, 15) is 4.79 Å². The van der Waals surface area contributed by atoms with Gasteiger partial charge in [0.05, 0.1) is 0 Å². The van der Waals surface area contributed by atoms with E-state index < -0.39 is 0 Å². The van der Waals surface area contributed by atoms with Gasteiger partial charge >= 0.3 is 0 Å². The van der Waals surface area contributed by atoms with Crippen LogP contribution in [-0.4, -0.2) is 32.8 Å². The molecule has 1 rings (SSSR count). The van der Waals surface area contributed by atoms with Crippen LogP contribution in [0.1, 0.15) is 31.4 Å². The molecule has 0 fully saturated rings. The maximum atomic E-state index is 11.6. The quantitative estimate of drug-likeness (QED) is 0.674. The number of nitrogens with two attached hydrogens (primary N) is 1. The molecular weight excluding hydrogens is 256 g/mol. The highest BCUT2D eigenvalue weighted by Gasteiger charge is 2.11. The number of hydrogen-bond donors (Lipinski definition) is 2. The molecule has 3 N–H and O–H groups in total. The van der Waals surface area contributed by atoms with Crippen LogP contribution < -0.4 is 15.8 Å². The number of methoxy groups -OCH3 is 1. The molecule has 0 saturated heterocycles. The molecule has 0 bridgehead atoms. The number of rotatable bonds is 9. The summed E-state index contributed by atoms with van der Waals surface area (Å²) in [5.74, 6) is 0.537. The summed E-state index contributed by atoms with van der Waals surface area (Å²) in [4.78, 5) is 11.6. The minimum Gasteiger partial charge on any atom is -0.483 e. The summed E-state index contributed by atoms with van der Waals surface area (Å²) in [5.41, 5.74) is 6.95. The zero-order valence-electron chi connectivity index (χ0n) is 12.2. The molecule has 112 valence electrons. The lowest BCUT2D eigenvalue weighted by atomic mass is 10.0. The molecule has 0 heterocycles. The van der Waals surface area contributed by atoms with Gasteiger partial charge in [0.15, 0.2) is 6.61 Å². The number of carbonyl (C=O) groups excluding carboxylic acids is 1. The van der Waals surface area contributed by atoms with E-state index in [1.165, 1.54) is 0 Å². The molecule has 0 spiro atoms. The topological polar surface area (TPSA) is 73.6 Å². The van der Waals surface area contributed by atoms with Crippen molar-refractivity contribution in [3.63, 3.8) is 0 Å². The maximum Gasteiger partial charge on any atom is 0.257 e. The van der Waals surface area contributed by atoms with Crippen LogP contribution in [0.5, 0.6) is 5.75 Å². The van der Waals surface area contributed by atoms with E-state index in [0.29, 0.717) is 18.9 Å². The van der Waals surface area contributed by atoms with Gasteiger partial charge in [0.2, 0.25) is 0 Å². The minimum atomic E-state index is -0.138. The Morgan fingerprint density at radius 3 is 2.85 bits per heavy atom. The van der Waals surface area contributed by atoms with Gasteiger partial charge in [0.1, 0.15) is 5.75 Å². The van der Waals surface area contributed by atoms with Crippen LogP contribution in [0.25, 0.3) is 0 Å². The SMILES string of the molecule is CCC(N)c1ccccc1OCC(=O)NCCCOC. The summed E-state index contributed by atoms with van der Waals surface area (Å²) in [6.45, 7) is 3.24. The lowest BCUT2D eigenvalue weighted by Gasteiger charge is -2.15. The Labute approximate surface area is 120 Å². The number of nitrogens with one attached hydrogen (secondary N) is 1. The van der Waals surface area contributed by atoms with Gasteiger partial charge < -0.3 is 20.5 Å². The molecular formula is C15H24N2O3. The molecule has 0 aliphatic heterocycles. The van der Waals surface area contributed by atoms with Gasteiger partial charge in [0, 0.05) is 31.9 Å². The Morgan fingerprint density at radius 1 is 1.40 bits per heavy atom. The molecule has 0 aromatic heterocycles. The van der Waals surface area contributed by atoms with Gasteiger partial charge in [-0.3, -0.25) is 4.79 Å². The van der Waals surface area contributed by atoms with E-state index in [0.717, 1.165) is 18.4 Å². The van der Waals surface area contributed by atoms with Crippen molar-refractivity contribution >= 4 is 5.91 Å². The zero-order chi connectivity index (χ0) is 14.8. The van der Waals surface area contributed by atoms with Gasteiger partial charge in [-0.2, -0.15) is 0 Å². The number of amides is 1. The summed E-state index contributed by atoms with van der Waals surface area (Å²) < 4.78 is 10.5. The molecule has 5 nitrogen and oxygen atoms in total. The average Bonchev–Trinajstić information content (AvgIpc) is 2.49. The fourth-order valence-corrected chi connectivity index (χ4v) is 1.78. The van der Waals surface area contributed by atoms with Crippen molar-refractivity contribution in [1.29, 1.82) is 0 Å². The number of carbonyl (C=O) groups is 1. The second-order valence-corrected chi connectivity index (χ2v) is 4.54. The highest BCUT2D eigenvalue weighted by atomic mass is 16.5. The molecule has 1 aromatic carbocycles. The molecule has 20 heavy (non-hydrogen) atoms. The fraction of sp³-hybridized carbons (Fsp3) is 0.533.